The molecule has 0 aliphatic rings. The van der Waals surface area contributed by atoms with Crippen LogP contribution in [0.3, 0.4) is 0 Å². The van der Waals surface area contributed by atoms with Gasteiger partial charge in [-0.3, -0.25) is 4.79 Å². The Bertz CT molecular complexity index is 1180. The molecule has 9 heteroatoms. The number of carbonyl (C=O) groups is 1. The molecule has 2 heterocycles. The monoisotopic (exact) mass is 435 g/mol. The van der Waals surface area contributed by atoms with Crippen LogP contribution in [0.2, 0.25) is 0 Å². The molecule has 2 aromatic heterocycles. The van der Waals surface area contributed by atoms with Crippen LogP contribution in [0.4, 0.5) is 5.69 Å². The van der Waals surface area contributed by atoms with E-state index in [1.165, 1.54) is 22.7 Å². The minimum atomic E-state index is -0.623. The van der Waals surface area contributed by atoms with Gasteiger partial charge in [0.15, 0.2) is 5.76 Å². The van der Waals surface area contributed by atoms with E-state index in [2.05, 4.69) is 15.5 Å². The number of aromatic nitrogens is 3. The van der Waals surface area contributed by atoms with E-state index in [9.17, 15) is 4.79 Å². The molecule has 0 fully saturated rings. The van der Waals surface area contributed by atoms with Crippen molar-refractivity contribution in [3.63, 3.8) is 0 Å². The number of furan rings is 1. The summed E-state index contributed by atoms with van der Waals surface area (Å²) < 4.78 is 12.1. The Kier molecular flexibility index (Phi) is 5.94. The Labute approximate surface area is 183 Å². The van der Waals surface area contributed by atoms with Crippen LogP contribution in [0, 0.1) is 6.92 Å². The van der Waals surface area contributed by atoms with Crippen molar-refractivity contribution in [3.8, 4) is 17.3 Å². The molecule has 0 bridgehead atoms. The summed E-state index contributed by atoms with van der Waals surface area (Å²) in [5, 5.41) is 11.0. The van der Waals surface area contributed by atoms with E-state index in [1.54, 1.807) is 19.2 Å². The summed E-state index contributed by atoms with van der Waals surface area (Å²) in [4.78, 5) is 13.3. The minimum absolute atomic E-state index is 0.234. The molecule has 8 nitrogen and oxygen atoms in total. The lowest BCUT2D eigenvalue weighted by molar-refractivity contribution is -0.115. The number of hydrogen-bond donors (Lipinski definition) is 2. The van der Waals surface area contributed by atoms with E-state index in [4.69, 9.17) is 15.0 Å². The van der Waals surface area contributed by atoms with E-state index in [-0.39, 0.29) is 5.91 Å². The third-order valence-electron chi connectivity index (χ3n) is 4.58. The maximum absolute atomic E-state index is 13.3. The SMILES string of the molecule is COc1ccc(C)cc1NC(=O)C(Sc1nnc(-c2ccco2)n1N)c1ccccc1. The number of methoxy groups -OCH3 is 1. The first-order valence-corrected chi connectivity index (χ1v) is 10.4. The van der Waals surface area contributed by atoms with Crippen LogP contribution in [-0.2, 0) is 4.79 Å². The van der Waals surface area contributed by atoms with Gasteiger partial charge in [-0.25, -0.2) is 4.68 Å². The number of carbonyl (C=O) groups excluding carboxylic acids is 1. The Hall–Kier alpha value is -3.72. The summed E-state index contributed by atoms with van der Waals surface area (Å²) in [5.41, 5.74) is 2.41. The fraction of sp³-hybridized carbons (Fsp3) is 0.136. The van der Waals surface area contributed by atoms with Crippen molar-refractivity contribution in [2.45, 2.75) is 17.3 Å². The Morgan fingerprint density at radius 1 is 1.16 bits per heavy atom. The van der Waals surface area contributed by atoms with Gasteiger partial charge in [-0.1, -0.05) is 48.2 Å². The van der Waals surface area contributed by atoms with Crippen LogP contribution in [0.25, 0.3) is 11.6 Å². The first-order chi connectivity index (χ1) is 15.1. The van der Waals surface area contributed by atoms with E-state index < -0.39 is 5.25 Å². The molecular weight excluding hydrogens is 414 g/mol. The van der Waals surface area contributed by atoms with E-state index >= 15 is 0 Å². The normalized spacial score (nSPS) is 11.8. The number of nitrogen functional groups attached to an aromatic ring is 1. The first kappa shape index (κ1) is 20.5. The highest BCUT2D eigenvalue weighted by atomic mass is 32.2. The van der Waals surface area contributed by atoms with Gasteiger partial charge in [0.25, 0.3) is 0 Å². The number of nitrogens with one attached hydrogen (secondary N) is 1. The molecule has 0 radical (unpaired) electrons. The summed E-state index contributed by atoms with van der Waals surface area (Å²) in [6.45, 7) is 1.95. The summed E-state index contributed by atoms with van der Waals surface area (Å²) in [7, 11) is 1.57. The largest absolute Gasteiger partial charge is 0.495 e. The first-order valence-electron chi connectivity index (χ1n) is 9.48. The zero-order valence-corrected chi connectivity index (χ0v) is 17.8. The molecule has 2 aromatic carbocycles. The summed E-state index contributed by atoms with van der Waals surface area (Å²) in [6.07, 6.45) is 1.53. The molecule has 4 aromatic rings. The second-order valence-electron chi connectivity index (χ2n) is 6.76. The predicted molar refractivity (Wildman–Crippen MR) is 119 cm³/mol. The number of rotatable bonds is 7. The molecule has 1 amide bonds. The zero-order valence-electron chi connectivity index (χ0n) is 17.0. The second-order valence-corrected chi connectivity index (χ2v) is 7.83. The highest BCUT2D eigenvalue weighted by Gasteiger charge is 2.26. The molecule has 0 aliphatic carbocycles. The molecule has 0 spiro atoms. The van der Waals surface area contributed by atoms with Crippen molar-refractivity contribution < 1.29 is 13.9 Å². The van der Waals surface area contributed by atoms with Crippen LogP contribution >= 0.6 is 11.8 Å². The molecular formula is C22H21N5O3S. The molecule has 1 unspecified atom stereocenters. The van der Waals surface area contributed by atoms with Gasteiger partial charge < -0.3 is 20.3 Å². The fourth-order valence-corrected chi connectivity index (χ4v) is 4.01. The highest BCUT2D eigenvalue weighted by molar-refractivity contribution is 8.00. The molecule has 0 aliphatic heterocycles. The summed E-state index contributed by atoms with van der Waals surface area (Å²) >= 11 is 1.20. The average Bonchev–Trinajstić information content (AvgIpc) is 3.42. The highest BCUT2D eigenvalue weighted by Crippen LogP contribution is 2.37. The lowest BCUT2D eigenvalue weighted by Gasteiger charge is -2.18. The van der Waals surface area contributed by atoms with Gasteiger partial charge >= 0.3 is 0 Å². The van der Waals surface area contributed by atoms with Gasteiger partial charge in [0, 0.05) is 0 Å². The third-order valence-corrected chi connectivity index (χ3v) is 5.79. The lowest BCUT2D eigenvalue weighted by Crippen LogP contribution is -2.21. The zero-order chi connectivity index (χ0) is 21.8. The maximum atomic E-state index is 13.3. The van der Waals surface area contributed by atoms with Crippen molar-refractivity contribution in [1.29, 1.82) is 0 Å². The van der Waals surface area contributed by atoms with Crippen LogP contribution in [-0.4, -0.2) is 27.9 Å². The number of amides is 1. The molecule has 0 saturated carbocycles. The molecule has 1 atom stereocenters. The van der Waals surface area contributed by atoms with Gasteiger partial charge in [0.05, 0.1) is 19.1 Å². The standard InChI is InChI=1S/C22H21N5O3S/c1-14-10-11-17(29-2)16(13-14)24-21(28)19(15-7-4-3-5-8-15)31-22-26-25-20(27(22)23)18-9-6-12-30-18/h3-13,19H,23H2,1-2H3,(H,24,28). The number of benzene rings is 2. The number of nitrogens with two attached hydrogens (primary N) is 1. The van der Waals surface area contributed by atoms with E-state index in [0.717, 1.165) is 11.1 Å². The van der Waals surface area contributed by atoms with Gasteiger partial charge in [0.1, 0.15) is 11.0 Å². The third kappa shape index (κ3) is 4.41. The maximum Gasteiger partial charge on any atom is 0.242 e. The van der Waals surface area contributed by atoms with Crippen molar-refractivity contribution in [2.75, 3.05) is 18.3 Å². The van der Waals surface area contributed by atoms with Crippen LogP contribution in [0.1, 0.15) is 16.4 Å². The molecule has 3 N–H and O–H groups in total. The topological polar surface area (TPSA) is 108 Å². The summed E-state index contributed by atoms with van der Waals surface area (Å²) in [5.74, 6) is 7.41. The molecule has 31 heavy (non-hydrogen) atoms. The van der Waals surface area contributed by atoms with Crippen molar-refractivity contribution >= 4 is 23.4 Å². The van der Waals surface area contributed by atoms with Crippen LogP contribution in [0.5, 0.6) is 5.75 Å². The van der Waals surface area contributed by atoms with E-state index in [1.807, 2.05) is 55.5 Å². The molecule has 4 rings (SSSR count). The van der Waals surface area contributed by atoms with Crippen molar-refractivity contribution in [3.05, 3.63) is 78.1 Å². The minimum Gasteiger partial charge on any atom is -0.495 e. The average molecular weight is 436 g/mol. The van der Waals surface area contributed by atoms with Gasteiger partial charge in [-0.2, -0.15) is 0 Å². The number of anilines is 1. The number of hydrogen-bond acceptors (Lipinski definition) is 7. The Morgan fingerprint density at radius 3 is 2.68 bits per heavy atom. The Morgan fingerprint density at radius 2 is 1.97 bits per heavy atom. The lowest BCUT2D eigenvalue weighted by atomic mass is 10.1. The number of thioether (sulfide) groups is 1. The fourth-order valence-electron chi connectivity index (χ4n) is 3.06. The smallest absolute Gasteiger partial charge is 0.242 e. The molecule has 0 saturated heterocycles. The predicted octanol–water partition coefficient (Wildman–Crippen LogP) is 4.04. The second kappa shape index (κ2) is 8.97. The van der Waals surface area contributed by atoms with Crippen LogP contribution in [0.15, 0.2) is 76.5 Å². The van der Waals surface area contributed by atoms with Crippen molar-refractivity contribution in [1.82, 2.24) is 14.9 Å². The van der Waals surface area contributed by atoms with Gasteiger partial charge in [-0.15, -0.1) is 10.2 Å². The van der Waals surface area contributed by atoms with Crippen molar-refractivity contribution in [2.24, 2.45) is 0 Å². The Balaban J connectivity index is 1.65. The number of nitrogens with zero attached hydrogens (tertiary/aromatic N) is 3. The number of ether oxygens (including phenoxy) is 1. The van der Waals surface area contributed by atoms with Crippen LogP contribution < -0.4 is 15.9 Å². The molecule has 158 valence electrons. The van der Waals surface area contributed by atoms with Gasteiger partial charge in [-0.05, 0) is 42.3 Å². The van der Waals surface area contributed by atoms with Gasteiger partial charge in [0.2, 0.25) is 16.9 Å². The summed E-state index contributed by atoms with van der Waals surface area (Å²) in [6, 6.07) is 18.5. The quantitative estimate of drug-likeness (QED) is 0.333. The number of aryl methyl sites for hydroxylation is 1. The van der Waals surface area contributed by atoms with E-state index in [0.29, 0.717) is 28.2 Å².